The van der Waals surface area contributed by atoms with Crippen molar-refractivity contribution in [2.45, 2.75) is 77.4 Å². The fraction of sp³-hybridized carbons (Fsp3) is 0.516. The minimum absolute atomic E-state index is 0.0578. The molecule has 3 aromatic rings. The maximum atomic E-state index is 13.7. The molecular weight excluding hydrogens is 614 g/mol. The summed E-state index contributed by atoms with van der Waals surface area (Å²) in [5.41, 5.74) is -3.02. The molecule has 0 unspecified atom stereocenters. The molecular formula is C31H37ClF6N2O4. The Hall–Kier alpha value is -2.96. The van der Waals surface area contributed by atoms with Crippen molar-refractivity contribution in [2.24, 2.45) is 7.05 Å². The van der Waals surface area contributed by atoms with Crippen LogP contribution in [0.25, 0.3) is 22.4 Å². The first-order valence-electron chi connectivity index (χ1n) is 14.1. The highest BCUT2D eigenvalue weighted by atomic mass is 35.5. The van der Waals surface area contributed by atoms with E-state index in [2.05, 4.69) is 5.10 Å². The second-order valence-electron chi connectivity index (χ2n) is 11.3. The van der Waals surface area contributed by atoms with Gasteiger partial charge in [-0.3, -0.25) is 4.68 Å². The van der Waals surface area contributed by atoms with Crippen LogP contribution in [-0.4, -0.2) is 46.4 Å². The fourth-order valence-electron chi connectivity index (χ4n) is 4.46. The Morgan fingerprint density at radius 2 is 1.59 bits per heavy atom. The number of ether oxygens (including phenoxy) is 3. The summed E-state index contributed by atoms with van der Waals surface area (Å²) in [7, 11) is 1.27. The summed E-state index contributed by atoms with van der Waals surface area (Å²) in [6.45, 7) is 9.21. The molecule has 1 heterocycles. The molecule has 44 heavy (non-hydrogen) atoms. The van der Waals surface area contributed by atoms with Gasteiger partial charge in [-0.1, -0.05) is 17.7 Å². The normalized spacial score (nSPS) is 12.8. The van der Waals surface area contributed by atoms with Crippen LogP contribution in [0.1, 0.15) is 64.6 Å². The van der Waals surface area contributed by atoms with E-state index in [0.717, 1.165) is 42.1 Å². The summed E-state index contributed by atoms with van der Waals surface area (Å²) in [5.74, 6) is -0.505. The van der Waals surface area contributed by atoms with Crippen LogP contribution in [0.2, 0.25) is 5.02 Å². The predicted octanol–water partition coefficient (Wildman–Crippen LogP) is 9.31. The number of hydrogen-bond donors (Lipinski definition) is 1. The molecule has 0 saturated heterocycles. The number of aromatic hydroxyl groups is 1. The number of aromatic nitrogens is 2. The van der Waals surface area contributed by atoms with Gasteiger partial charge in [-0.05, 0) is 89.3 Å². The number of hydrogen-bond acceptors (Lipinski definition) is 5. The second kappa shape index (κ2) is 14.4. The van der Waals surface area contributed by atoms with Crippen molar-refractivity contribution in [1.82, 2.24) is 9.78 Å². The third-order valence-electron chi connectivity index (χ3n) is 6.84. The van der Waals surface area contributed by atoms with Crippen LogP contribution in [0.4, 0.5) is 26.3 Å². The molecule has 2 aromatic carbocycles. The van der Waals surface area contributed by atoms with Crippen molar-refractivity contribution >= 4 is 11.6 Å². The lowest BCUT2D eigenvalue weighted by molar-refractivity contribution is -0.141. The molecule has 0 aliphatic heterocycles. The minimum Gasteiger partial charge on any atom is -0.506 e. The SMILES string of the molecule is CC(C)OCCC(C)(C)OCCCCCOc1ccc(-c2cc(C(F)(F)F)nn2C)c(O)c1-c1ccc(Cl)c(C(F)(F)F)c1. The van der Waals surface area contributed by atoms with Crippen molar-refractivity contribution in [3.63, 3.8) is 0 Å². The Balaban J connectivity index is 1.80. The number of rotatable bonds is 14. The number of phenols is 1. The molecule has 1 aromatic heterocycles. The molecule has 0 radical (unpaired) electrons. The third kappa shape index (κ3) is 9.52. The Morgan fingerprint density at radius 1 is 0.909 bits per heavy atom. The van der Waals surface area contributed by atoms with E-state index >= 15 is 0 Å². The van der Waals surface area contributed by atoms with Gasteiger partial charge in [0.25, 0.3) is 0 Å². The van der Waals surface area contributed by atoms with E-state index in [-0.39, 0.29) is 46.4 Å². The van der Waals surface area contributed by atoms with Crippen LogP contribution >= 0.6 is 11.6 Å². The lowest BCUT2D eigenvalue weighted by atomic mass is 9.97. The zero-order valence-corrected chi connectivity index (χ0v) is 26.0. The van der Waals surface area contributed by atoms with Crippen molar-refractivity contribution in [1.29, 1.82) is 0 Å². The maximum Gasteiger partial charge on any atom is 0.435 e. The smallest absolute Gasteiger partial charge is 0.435 e. The molecule has 0 atom stereocenters. The molecule has 6 nitrogen and oxygen atoms in total. The molecule has 0 fully saturated rings. The van der Waals surface area contributed by atoms with Crippen LogP contribution in [0.5, 0.6) is 11.5 Å². The Labute approximate surface area is 257 Å². The number of alkyl halides is 6. The first-order chi connectivity index (χ1) is 20.4. The summed E-state index contributed by atoms with van der Waals surface area (Å²) in [5, 5.41) is 14.2. The highest BCUT2D eigenvalue weighted by Gasteiger charge is 2.36. The van der Waals surface area contributed by atoms with E-state index < -0.39 is 34.4 Å². The van der Waals surface area contributed by atoms with E-state index in [1.807, 2.05) is 27.7 Å². The number of aryl methyl sites for hydroxylation is 1. The number of benzene rings is 2. The lowest BCUT2D eigenvalue weighted by Crippen LogP contribution is -2.27. The summed E-state index contributed by atoms with van der Waals surface area (Å²) in [4.78, 5) is 0. The molecule has 1 N–H and O–H groups in total. The molecule has 244 valence electrons. The third-order valence-corrected chi connectivity index (χ3v) is 7.17. The van der Waals surface area contributed by atoms with E-state index in [4.69, 9.17) is 25.8 Å². The van der Waals surface area contributed by atoms with Crippen LogP contribution < -0.4 is 4.74 Å². The molecule has 0 aliphatic carbocycles. The van der Waals surface area contributed by atoms with Gasteiger partial charge in [0.05, 0.1) is 40.2 Å². The minimum atomic E-state index is -4.79. The van der Waals surface area contributed by atoms with Crippen LogP contribution in [-0.2, 0) is 28.9 Å². The zero-order valence-electron chi connectivity index (χ0n) is 25.2. The van der Waals surface area contributed by atoms with Gasteiger partial charge in [-0.25, -0.2) is 0 Å². The van der Waals surface area contributed by atoms with E-state index in [1.54, 1.807) is 0 Å². The van der Waals surface area contributed by atoms with Gasteiger partial charge in [0.15, 0.2) is 5.69 Å². The molecule has 0 bridgehead atoms. The van der Waals surface area contributed by atoms with Gasteiger partial charge in [0.1, 0.15) is 11.5 Å². The number of phenolic OH excluding ortho intramolecular Hbond substituents is 1. The lowest BCUT2D eigenvalue weighted by Gasteiger charge is -2.25. The number of nitrogens with zero attached hydrogens (tertiary/aromatic N) is 2. The summed E-state index contributed by atoms with van der Waals surface area (Å²) in [6.07, 6.45) is -6.59. The zero-order chi connectivity index (χ0) is 32.9. The van der Waals surface area contributed by atoms with Crippen molar-refractivity contribution < 1.29 is 45.7 Å². The predicted molar refractivity (Wildman–Crippen MR) is 156 cm³/mol. The van der Waals surface area contributed by atoms with Crippen LogP contribution in [0, 0.1) is 0 Å². The maximum absolute atomic E-state index is 13.7. The second-order valence-corrected chi connectivity index (χ2v) is 11.7. The topological polar surface area (TPSA) is 65.7 Å². The first-order valence-corrected chi connectivity index (χ1v) is 14.5. The summed E-state index contributed by atoms with van der Waals surface area (Å²) < 4.78 is 99.3. The van der Waals surface area contributed by atoms with Gasteiger partial charge in [-0.15, -0.1) is 0 Å². The number of unbranched alkanes of at least 4 members (excludes halogenated alkanes) is 2. The Kier molecular flexibility index (Phi) is 11.6. The highest BCUT2D eigenvalue weighted by molar-refractivity contribution is 6.31. The molecule has 3 rings (SSSR count). The van der Waals surface area contributed by atoms with Crippen molar-refractivity contribution in [2.75, 3.05) is 19.8 Å². The Morgan fingerprint density at radius 3 is 2.20 bits per heavy atom. The summed E-state index contributed by atoms with van der Waals surface area (Å²) >= 11 is 5.80. The van der Waals surface area contributed by atoms with E-state index in [9.17, 15) is 31.4 Å². The van der Waals surface area contributed by atoms with Crippen LogP contribution in [0.3, 0.4) is 0 Å². The average molecular weight is 651 g/mol. The number of halogens is 7. The Bertz CT molecular complexity index is 1400. The molecule has 13 heteroatoms. The monoisotopic (exact) mass is 650 g/mol. The largest absolute Gasteiger partial charge is 0.506 e. The van der Waals surface area contributed by atoms with Gasteiger partial charge in [0, 0.05) is 25.8 Å². The van der Waals surface area contributed by atoms with Crippen molar-refractivity contribution in [3.05, 3.63) is 52.7 Å². The first kappa shape index (κ1) is 35.5. The quantitative estimate of drug-likeness (QED) is 0.139. The van der Waals surface area contributed by atoms with Gasteiger partial charge >= 0.3 is 12.4 Å². The van der Waals surface area contributed by atoms with E-state index in [1.165, 1.54) is 25.2 Å². The van der Waals surface area contributed by atoms with Gasteiger partial charge in [-0.2, -0.15) is 31.4 Å². The fourth-order valence-corrected chi connectivity index (χ4v) is 4.68. The molecule has 0 aliphatic rings. The van der Waals surface area contributed by atoms with Gasteiger partial charge in [0.2, 0.25) is 0 Å². The highest BCUT2D eigenvalue weighted by Crippen LogP contribution is 2.47. The molecule has 0 spiro atoms. The van der Waals surface area contributed by atoms with Gasteiger partial charge < -0.3 is 19.3 Å². The summed E-state index contributed by atoms with van der Waals surface area (Å²) in [6, 6.07) is 6.58. The molecule has 0 amide bonds. The standard InChI is InChI=1S/C31H37ClF6N2O4/c1-19(2)42-16-13-29(3,4)44-15-8-6-7-14-43-25-12-10-21(24-18-26(31(36,37)38)39-40(24)5)28(41)27(25)20-9-11-23(32)22(17-20)30(33,34)35/h9-12,17-19,41H,6-8,13-16H2,1-5H3. The van der Waals surface area contributed by atoms with E-state index in [0.29, 0.717) is 19.6 Å². The average Bonchev–Trinajstić information content (AvgIpc) is 3.29. The van der Waals surface area contributed by atoms with Crippen LogP contribution in [0.15, 0.2) is 36.4 Å². The van der Waals surface area contributed by atoms with Crippen molar-refractivity contribution in [3.8, 4) is 33.9 Å². The molecule has 0 saturated carbocycles.